The maximum absolute atomic E-state index is 14.3. The van der Waals surface area contributed by atoms with Gasteiger partial charge in [-0.3, -0.25) is 38.4 Å². The van der Waals surface area contributed by atoms with Crippen LogP contribution in [0.4, 0.5) is 22.7 Å². The third-order valence-electron chi connectivity index (χ3n) is 12.9. The van der Waals surface area contributed by atoms with Crippen LogP contribution in [-0.2, 0) is 19.2 Å². The summed E-state index contributed by atoms with van der Waals surface area (Å²) in [5, 5.41) is 19.5. The Kier molecular flexibility index (Phi) is 27.9. The smallest absolute Gasteiger partial charge is 0.255 e. The number of anilines is 4. The molecule has 81 heavy (non-hydrogen) atoms. The quantitative estimate of drug-likeness (QED) is 0.0231. The lowest BCUT2D eigenvalue weighted by atomic mass is 10.1. The molecule has 4 aromatic rings. The molecule has 0 spiro atoms. The van der Waals surface area contributed by atoms with Gasteiger partial charge in [0.1, 0.15) is 35.4 Å². The highest BCUT2D eigenvalue weighted by Gasteiger charge is 2.28. The highest BCUT2D eigenvalue weighted by Crippen LogP contribution is 2.28. The topological polar surface area (TPSA) is 405 Å². The van der Waals surface area contributed by atoms with Crippen LogP contribution in [0.5, 0.6) is 17.2 Å². The van der Waals surface area contributed by atoms with Crippen molar-refractivity contribution < 1.29 is 52.6 Å². The first-order valence-electron chi connectivity index (χ1n) is 26.7. The van der Waals surface area contributed by atoms with E-state index in [1.165, 1.54) is 87.7 Å². The van der Waals surface area contributed by atoms with Crippen molar-refractivity contribution in [3.05, 3.63) is 95.1 Å². The summed E-state index contributed by atoms with van der Waals surface area (Å²) in [4.78, 5) is 110. The van der Waals surface area contributed by atoms with E-state index in [9.17, 15) is 38.4 Å². The summed E-state index contributed by atoms with van der Waals surface area (Å²) >= 11 is 1.26. The Morgan fingerprint density at radius 1 is 0.432 bits per heavy atom. The molecule has 440 valence electrons. The maximum atomic E-state index is 14.3. The maximum Gasteiger partial charge on any atom is 0.255 e. The highest BCUT2D eigenvalue weighted by molar-refractivity contribution is 7.98. The minimum absolute atomic E-state index is 0.0221. The van der Waals surface area contributed by atoms with Crippen LogP contribution in [0.3, 0.4) is 0 Å². The minimum atomic E-state index is -1.12. The molecule has 24 nitrogen and oxygen atoms in total. The van der Waals surface area contributed by atoms with Gasteiger partial charge in [0.2, 0.25) is 23.6 Å². The van der Waals surface area contributed by atoms with Crippen LogP contribution < -0.4 is 85.8 Å². The number of rotatable bonds is 35. The molecule has 0 saturated carbocycles. The van der Waals surface area contributed by atoms with Gasteiger partial charge in [-0.1, -0.05) is 6.42 Å². The standard InChI is InChI=1S/C56H79N13O11S/c1-78-45-21-17-33(29-37(45)49(62)70)64-54(75)42(14-6-10-26-58)67-51(72)39-31-35(19-23-47(39)80-3)65-56(77)44(16-8-12-28-60)69-52(73)40-32-36(20-24-48(40)81-4)66-55(76)43(15-7-11-27-59)68-50(71)38-30-34(18-22-46(38)79-2)63-53(74)41(61)13-5-9-25-57/h17-24,29-32,41-44H,5-16,25-28,57-61H2,1-4H3,(H2,62,70)(H,63,74)(H,64,75)(H,65,77)(H,66,76)(H,67,72)(H,68,71)(H,69,73)/t41-,42-,43-,44-/m0/s1. The molecule has 0 aliphatic rings. The SMILES string of the molecule is COc1ccc(NC(=O)[C@H](CCCCN)NC(=O)c2cc(NC(=O)[C@H](CCCCN)NC(=O)c3cc(NC(=O)[C@H](CCCCN)NC(=O)c4cc(NC(=O)[C@@H](N)CCCCN)ccc4OC)ccc3SC)ccc2OC)cc1C(N)=O. The van der Waals surface area contributed by atoms with Crippen LogP contribution in [0.15, 0.2) is 77.7 Å². The Morgan fingerprint density at radius 2 is 0.741 bits per heavy atom. The van der Waals surface area contributed by atoms with Gasteiger partial charge in [0.15, 0.2) is 0 Å². The zero-order valence-corrected chi connectivity index (χ0v) is 47.2. The molecule has 0 bridgehead atoms. The second-order valence-electron chi connectivity index (χ2n) is 18.8. The fraction of sp³-hybridized carbons (Fsp3) is 0.429. The number of carbonyl (C=O) groups is 8. The summed E-state index contributed by atoms with van der Waals surface area (Å²) in [5.74, 6) is -4.50. The van der Waals surface area contributed by atoms with Crippen molar-refractivity contribution in [3.8, 4) is 17.2 Å². The van der Waals surface area contributed by atoms with Gasteiger partial charge in [-0.05, 0) is 176 Å². The van der Waals surface area contributed by atoms with Crippen LogP contribution >= 0.6 is 11.8 Å². The van der Waals surface area contributed by atoms with E-state index >= 15 is 0 Å². The summed E-state index contributed by atoms with van der Waals surface area (Å²) < 4.78 is 16.2. The third-order valence-corrected chi connectivity index (χ3v) is 13.7. The van der Waals surface area contributed by atoms with E-state index in [2.05, 4.69) is 37.2 Å². The summed E-state index contributed by atoms with van der Waals surface area (Å²) in [6.45, 7) is 1.50. The van der Waals surface area contributed by atoms with Gasteiger partial charge < -0.3 is 85.8 Å². The number of thioether (sulfide) groups is 1. The van der Waals surface area contributed by atoms with Crippen molar-refractivity contribution >= 4 is 81.8 Å². The Morgan fingerprint density at radius 3 is 1.09 bits per heavy atom. The molecule has 4 rings (SSSR count). The molecular weight excluding hydrogens is 1060 g/mol. The number of nitrogens with two attached hydrogens (primary N) is 6. The number of primary amides is 1. The molecule has 4 aromatic carbocycles. The average molecular weight is 1140 g/mol. The van der Waals surface area contributed by atoms with E-state index in [4.69, 9.17) is 48.6 Å². The van der Waals surface area contributed by atoms with Gasteiger partial charge >= 0.3 is 0 Å². The number of unbranched alkanes of at least 4 members (excludes halogenated alkanes) is 4. The number of carbonyl (C=O) groups excluding carboxylic acids is 8. The Bertz CT molecular complexity index is 2800. The lowest BCUT2D eigenvalue weighted by Crippen LogP contribution is -2.44. The molecule has 0 aliphatic heterocycles. The van der Waals surface area contributed by atoms with Crippen LogP contribution in [0.1, 0.15) is 118 Å². The molecule has 0 fully saturated rings. The molecular formula is C56H79N13O11S. The minimum Gasteiger partial charge on any atom is -0.496 e. The zero-order valence-electron chi connectivity index (χ0n) is 46.4. The molecule has 0 heterocycles. The second kappa shape index (κ2) is 34.4. The fourth-order valence-electron chi connectivity index (χ4n) is 8.42. The number of benzene rings is 4. The third kappa shape index (κ3) is 20.4. The highest BCUT2D eigenvalue weighted by atomic mass is 32.2. The number of ether oxygens (including phenoxy) is 3. The van der Waals surface area contributed by atoms with Crippen molar-refractivity contribution in [2.75, 3.05) is 75.0 Å². The molecule has 0 aromatic heterocycles. The van der Waals surface area contributed by atoms with E-state index in [0.717, 1.165) is 6.42 Å². The Hall–Kier alpha value is -7.81. The molecule has 0 radical (unpaired) electrons. The van der Waals surface area contributed by atoms with Gasteiger partial charge in [-0.25, -0.2) is 0 Å². The number of hydrogen-bond donors (Lipinski definition) is 13. The zero-order chi connectivity index (χ0) is 59.4. The molecule has 0 saturated heterocycles. The lowest BCUT2D eigenvalue weighted by Gasteiger charge is -2.22. The molecule has 4 atom stereocenters. The predicted octanol–water partition coefficient (Wildman–Crippen LogP) is 3.53. The van der Waals surface area contributed by atoms with E-state index in [0.29, 0.717) is 82.4 Å². The first-order chi connectivity index (χ1) is 38.9. The first kappa shape index (κ1) is 65.7. The molecule has 8 amide bonds. The van der Waals surface area contributed by atoms with E-state index < -0.39 is 71.4 Å². The van der Waals surface area contributed by atoms with E-state index in [-0.39, 0.29) is 81.5 Å². The van der Waals surface area contributed by atoms with Crippen LogP contribution in [-0.4, -0.2) is 125 Å². The Balaban J connectivity index is 1.55. The molecule has 19 N–H and O–H groups in total. The van der Waals surface area contributed by atoms with Crippen molar-refractivity contribution in [1.29, 1.82) is 0 Å². The normalized spacial score (nSPS) is 12.4. The van der Waals surface area contributed by atoms with E-state index in [1.807, 2.05) is 0 Å². The largest absolute Gasteiger partial charge is 0.496 e. The first-order valence-corrected chi connectivity index (χ1v) is 27.9. The number of nitrogens with one attached hydrogen (secondary N) is 7. The summed E-state index contributed by atoms with van der Waals surface area (Å²) in [7, 11) is 4.12. The van der Waals surface area contributed by atoms with Crippen molar-refractivity contribution in [2.45, 2.75) is 106 Å². The van der Waals surface area contributed by atoms with Gasteiger partial charge in [0.05, 0.1) is 49.6 Å². The van der Waals surface area contributed by atoms with Gasteiger partial charge in [0.25, 0.3) is 23.6 Å². The lowest BCUT2D eigenvalue weighted by molar-refractivity contribution is -0.118. The summed E-state index contributed by atoms with van der Waals surface area (Å²) in [6.07, 6.45) is 7.21. The Labute approximate surface area is 476 Å². The van der Waals surface area contributed by atoms with Crippen LogP contribution in [0.25, 0.3) is 0 Å². The van der Waals surface area contributed by atoms with E-state index in [1.54, 1.807) is 24.5 Å². The summed E-state index contributed by atoms with van der Waals surface area (Å²) in [5.41, 5.74) is 35.6. The summed E-state index contributed by atoms with van der Waals surface area (Å²) in [6, 6.07) is 13.9. The average Bonchev–Trinajstić information content (AvgIpc) is 3.48. The predicted molar refractivity (Wildman–Crippen MR) is 314 cm³/mol. The number of amides is 8. The number of hydrogen-bond acceptors (Lipinski definition) is 17. The monoisotopic (exact) mass is 1140 g/mol. The van der Waals surface area contributed by atoms with Gasteiger partial charge in [-0.15, -0.1) is 11.8 Å². The van der Waals surface area contributed by atoms with Crippen molar-refractivity contribution in [1.82, 2.24) is 16.0 Å². The molecule has 0 unspecified atom stereocenters. The van der Waals surface area contributed by atoms with Crippen LogP contribution in [0, 0.1) is 0 Å². The molecule has 0 aliphatic carbocycles. The van der Waals surface area contributed by atoms with Crippen LogP contribution in [0.2, 0.25) is 0 Å². The molecule has 25 heteroatoms. The van der Waals surface area contributed by atoms with Crippen molar-refractivity contribution in [3.63, 3.8) is 0 Å². The van der Waals surface area contributed by atoms with Crippen molar-refractivity contribution in [2.24, 2.45) is 34.4 Å². The second-order valence-corrected chi connectivity index (χ2v) is 19.7. The van der Waals surface area contributed by atoms with Gasteiger partial charge in [0, 0.05) is 27.6 Å². The van der Waals surface area contributed by atoms with Gasteiger partial charge in [-0.2, -0.15) is 0 Å². The fourth-order valence-corrected chi connectivity index (χ4v) is 9.00. The number of methoxy groups -OCH3 is 3.